The lowest BCUT2D eigenvalue weighted by Gasteiger charge is -2.38. The molecule has 0 aliphatic carbocycles. The van der Waals surface area contributed by atoms with Crippen molar-refractivity contribution >= 4 is 0 Å². The average Bonchev–Trinajstić information content (AvgIpc) is 2.39. The normalized spacial score (nSPS) is 13.6. The van der Waals surface area contributed by atoms with E-state index in [4.69, 9.17) is 4.74 Å². The summed E-state index contributed by atoms with van der Waals surface area (Å²) in [5.41, 5.74) is 0.728. The summed E-state index contributed by atoms with van der Waals surface area (Å²) in [5.74, 6) is 0. The van der Waals surface area contributed by atoms with Crippen LogP contribution in [0.5, 0.6) is 0 Å². The smallest absolute Gasteiger partial charge is 0.0886 e. The van der Waals surface area contributed by atoms with Gasteiger partial charge in [-0.2, -0.15) is 0 Å². The maximum atomic E-state index is 6.01. The molecule has 1 rings (SSSR count). The second-order valence-electron chi connectivity index (χ2n) is 4.06. The Balaban J connectivity index is 3.05. The van der Waals surface area contributed by atoms with Crippen LogP contribution in [0.1, 0.15) is 45.3 Å². The van der Waals surface area contributed by atoms with Gasteiger partial charge in [0.05, 0.1) is 23.5 Å². The fourth-order valence-electron chi connectivity index (χ4n) is 2.37. The molecule has 1 atom stereocenters. The quantitative estimate of drug-likeness (QED) is 0.790. The Hall–Kier alpha value is -1.00. The Morgan fingerprint density at radius 1 is 1.29 bits per heavy atom. The molecule has 17 heavy (non-hydrogen) atoms. The molecule has 0 aliphatic heterocycles. The predicted octanol–water partition coefficient (Wildman–Crippen LogP) is 2.33. The molecule has 0 saturated heterocycles. The maximum absolute atomic E-state index is 6.01. The first kappa shape index (κ1) is 14.1. The third-order valence-electron chi connectivity index (χ3n) is 3.32. The lowest BCUT2D eigenvalue weighted by atomic mass is 9.86. The largest absolute Gasteiger partial charge is 0.373 e. The van der Waals surface area contributed by atoms with E-state index in [-0.39, 0.29) is 11.6 Å². The highest BCUT2D eigenvalue weighted by atomic mass is 16.5. The van der Waals surface area contributed by atoms with Crippen LogP contribution in [0.25, 0.3) is 0 Å². The van der Waals surface area contributed by atoms with Gasteiger partial charge in [0.1, 0.15) is 0 Å². The highest BCUT2D eigenvalue weighted by Gasteiger charge is 2.37. The van der Waals surface area contributed by atoms with Gasteiger partial charge < -0.3 is 10.1 Å². The number of nitrogens with zero attached hydrogens (tertiary/aromatic N) is 2. The van der Waals surface area contributed by atoms with Crippen LogP contribution in [0.15, 0.2) is 18.6 Å². The number of ether oxygens (including phenoxy) is 1. The Morgan fingerprint density at radius 2 is 2.00 bits per heavy atom. The first-order chi connectivity index (χ1) is 8.24. The van der Waals surface area contributed by atoms with Crippen molar-refractivity contribution in [2.45, 2.75) is 45.3 Å². The number of hydrogen-bond donors (Lipinski definition) is 1. The van der Waals surface area contributed by atoms with E-state index >= 15 is 0 Å². The van der Waals surface area contributed by atoms with Gasteiger partial charge in [0, 0.05) is 19.0 Å². The standard InChI is InChI=1S/C13H23N3O/c1-5-13(6-2,17-7-3)12(14-4)11-10-15-8-9-16-11/h8-10,12,14H,5-7H2,1-4H3. The number of nitrogens with one attached hydrogen (secondary N) is 1. The summed E-state index contributed by atoms with van der Waals surface area (Å²) in [6, 6.07) is 0.0751. The van der Waals surface area contributed by atoms with E-state index in [0.29, 0.717) is 6.61 Å². The van der Waals surface area contributed by atoms with Crippen molar-refractivity contribution in [3.05, 3.63) is 24.3 Å². The van der Waals surface area contributed by atoms with E-state index in [1.54, 1.807) is 18.6 Å². The minimum absolute atomic E-state index is 0.0751. The molecule has 0 bridgehead atoms. The van der Waals surface area contributed by atoms with Crippen LogP contribution >= 0.6 is 0 Å². The van der Waals surface area contributed by atoms with E-state index < -0.39 is 0 Å². The van der Waals surface area contributed by atoms with Crippen molar-refractivity contribution in [1.29, 1.82) is 0 Å². The van der Waals surface area contributed by atoms with Crippen molar-refractivity contribution in [3.63, 3.8) is 0 Å². The molecule has 1 aromatic rings. The zero-order valence-electron chi connectivity index (χ0n) is 11.2. The molecule has 1 unspecified atom stereocenters. The lowest BCUT2D eigenvalue weighted by molar-refractivity contribution is -0.0727. The number of rotatable bonds is 7. The summed E-state index contributed by atoms with van der Waals surface area (Å²) in [7, 11) is 1.94. The molecule has 1 heterocycles. The van der Waals surface area contributed by atoms with E-state index in [1.165, 1.54) is 0 Å². The van der Waals surface area contributed by atoms with E-state index in [1.807, 2.05) is 14.0 Å². The van der Waals surface area contributed by atoms with Crippen LogP contribution < -0.4 is 5.32 Å². The summed E-state index contributed by atoms with van der Waals surface area (Å²) >= 11 is 0. The number of hydrogen-bond acceptors (Lipinski definition) is 4. The molecular weight excluding hydrogens is 214 g/mol. The molecule has 0 saturated carbocycles. The van der Waals surface area contributed by atoms with Crippen molar-refractivity contribution in [2.75, 3.05) is 13.7 Å². The summed E-state index contributed by atoms with van der Waals surface area (Å²) in [6.07, 6.45) is 7.11. The fourth-order valence-corrected chi connectivity index (χ4v) is 2.37. The molecule has 0 fully saturated rings. The SMILES string of the molecule is CCOC(CC)(CC)C(NC)c1cnccn1. The van der Waals surface area contributed by atoms with Crippen LogP contribution in [0.4, 0.5) is 0 Å². The first-order valence-electron chi connectivity index (χ1n) is 6.31. The Kier molecular flexibility index (Phi) is 5.51. The van der Waals surface area contributed by atoms with Gasteiger partial charge in [-0.1, -0.05) is 13.8 Å². The van der Waals surface area contributed by atoms with Gasteiger partial charge in [-0.3, -0.25) is 9.97 Å². The highest BCUT2D eigenvalue weighted by molar-refractivity contribution is 5.09. The number of aromatic nitrogens is 2. The second-order valence-corrected chi connectivity index (χ2v) is 4.06. The molecule has 4 nitrogen and oxygen atoms in total. The van der Waals surface area contributed by atoms with Gasteiger partial charge in [0.15, 0.2) is 0 Å². The summed E-state index contributed by atoms with van der Waals surface area (Å²) < 4.78 is 6.01. The van der Waals surface area contributed by atoms with Gasteiger partial charge >= 0.3 is 0 Å². The molecule has 96 valence electrons. The Bertz CT molecular complexity index is 312. The third-order valence-corrected chi connectivity index (χ3v) is 3.32. The zero-order chi connectivity index (χ0) is 12.7. The van der Waals surface area contributed by atoms with Gasteiger partial charge in [-0.25, -0.2) is 0 Å². The predicted molar refractivity (Wildman–Crippen MR) is 68.8 cm³/mol. The van der Waals surface area contributed by atoms with E-state index in [9.17, 15) is 0 Å². The molecular formula is C13H23N3O. The third kappa shape index (κ3) is 3.01. The molecule has 1 aromatic heterocycles. The van der Waals surface area contributed by atoms with E-state index in [0.717, 1.165) is 18.5 Å². The van der Waals surface area contributed by atoms with Crippen molar-refractivity contribution in [2.24, 2.45) is 0 Å². The van der Waals surface area contributed by atoms with E-state index in [2.05, 4.69) is 29.1 Å². The summed E-state index contributed by atoms with van der Waals surface area (Å²) in [5, 5.41) is 3.32. The van der Waals surface area contributed by atoms with Gasteiger partial charge in [-0.15, -0.1) is 0 Å². The zero-order valence-corrected chi connectivity index (χ0v) is 11.2. The Morgan fingerprint density at radius 3 is 2.41 bits per heavy atom. The molecule has 0 spiro atoms. The molecule has 0 aliphatic rings. The monoisotopic (exact) mass is 237 g/mol. The van der Waals surface area contributed by atoms with Crippen LogP contribution in [0.2, 0.25) is 0 Å². The van der Waals surface area contributed by atoms with Crippen molar-refractivity contribution in [3.8, 4) is 0 Å². The van der Waals surface area contributed by atoms with Gasteiger partial charge in [0.25, 0.3) is 0 Å². The topological polar surface area (TPSA) is 47.0 Å². The molecule has 1 N–H and O–H groups in total. The van der Waals surface area contributed by atoms with Gasteiger partial charge in [-0.05, 0) is 26.8 Å². The lowest BCUT2D eigenvalue weighted by Crippen LogP contribution is -2.44. The van der Waals surface area contributed by atoms with Crippen LogP contribution in [-0.4, -0.2) is 29.2 Å². The minimum atomic E-state index is -0.209. The molecule has 0 radical (unpaired) electrons. The van der Waals surface area contributed by atoms with Crippen LogP contribution in [0.3, 0.4) is 0 Å². The fraction of sp³-hybridized carbons (Fsp3) is 0.692. The second kappa shape index (κ2) is 6.67. The minimum Gasteiger partial charge on any atom is -0.373 e. The number of likely N-dealkylation sites (N-methyl/N-ethyl adjacent to an activating group) is 1. The van der Waals surface area contributed by atoms with Crippen molar-refractivity contribution < 1.29 is 4.74 Å². The molecule has 0 amide bonds. The molecule has 4 heteroatoms. The van der Waals surface area contributed by atoms with Crippen molar-refractivity contribution in [1.82, 2.24) is 15.3 Å². The average molecular weight is 237 g/mol. The Labute approximate surface area is 104 Å². The summed E-state index contributed by atoms with van der Waals surface area (Å²) in [6.45, 7) is 7.04. The maximum Gasteiger partial charge on any atom is 0.0886 e. The van der Waals surface area contributed by atoms with Crippen LogP contribution in [-0.2, 0) is 4.74 Å². The first-order valence-corrected chi connectivity index (χ1v) is 6.31. The molecule has 0 aromatic carbocycles. The highest BCUT2D eigenvalue weighted by Crippen LogP contribution is 2.34. The van der Waals surface area contributed by atoms with Gasteiger partial charge in [0.2, 0.25) is 0 Å². The summed E-state index contributed by atoms with van der Waals surface area (Å²) in [4.78, 5) is 8.53. The van der Waals surface area contributed by atoms with Crippen LogP contribution in [0, 0.1) is 0 Å².